The second kappa shape index (κ2) is 23.5. The highest BCUT2D eigenvalue weighted by atomic mass is 16.8. The minimum atomic E-state index is -2.30. The van der Waals surface area contributed by atoms with E-state index in [0.29, 0.717) is 0 Å². The van der Waals surface area contributed by atoms with Crippen LogP contribution in [0.15, 0.2) is 0 Å². The van der Waals surface area contributed by atoms with Crippen molar-refractivity contribution in [3.8, 4) is 0 Å². The zero-order valence-electron chi connectivity index (χ0n) is 35.0. The van der Waals surface area contributed by atoms with Crippen LogP contribution in [0.4, 0.5) is 0 Å². The molecule has 67 heavy (non-hydrogen) atoms. The third kappa shape index (κ3) is 11.4. The van der Waals surface area contributed by atoms with Crippen LogP contribution in [0.1, 0.15) is 0 Å². The fraction of sp³-hybridized carbons (Fsp3) is 1.00. The van der Waals surface area contributed by atoms with Crippen LogP contribution >= 0.6 is 0 Å². The maximum Gasteiger partial charge on any atom is 0.190 e. The molecule has 31 heteroatoms. The zero-order valence-corrected chi connectivity index (χ0v) is 35.0. The molecule has 6 aliphatic rings. The summed E-state index contributed by atoms with van der Waals surface area (Å²) in [6.07, 6.45) is -61.2. The second-order valence-corrected chi connectivity index (χ2v) is 16.8. The van der Waals surface area contributed by atoms with Crippen LogP contribution in [-0.4, -0.2) is 326 Å². The van der Waals surface area contributed by atoms with E-state index in [0.717, 1.165) is 0 Å². The molecule has 0 amide bonds. The molecule has 0 aromatic heterocycles. The van der Waals surface area contributed by atoms with E-state index in [1.165, 1.54) is 0 Å². The molecule has 0 aromatic carbocycles. The maximum absolute atomic E-state index is 11.2. The Bertz CT molecular complexity index is 1500. The highest BCUT2D eigenvalue weighted by molar-refractivity contribution is 5.00. The average molecular weight is 991 g/mol. The van der Waals surface area contributed by atoms with Crippen molar-refractivity contribution in [2.75, 3.05) is 39.6 Å². The Labute approximate surface area is 378 Å². The SMILES string of the molecule is OC[C@H]1OC(OC[C@H]2O[C@@H](OC3O[C@H](CO)[C@H](O)[C@H](O)[C@H]3O)[C@H](OC3O[C@H](CO)[C@H](O)[C@H](O)[C@H]3O)[C@@H](OC3O[C@H](CO)[C@H](O)[C@H](O)[C@H]3O)[C@@H]2OC2O[C@H](CO)[C@H](O)[C@H](O)[C@H]2O)[C@H](O)[C@@H](O)[C@H]1O. The number of hydrogen-bond acceptors (Lipinski definition) is 31. The Hall–Kier alpha value is -1.24. The van der Waals surface area contributed by atoms with Gasteiger partial charge in [0.2, 0.25) is 0 Å². The minimum Gasteiger partial charge on any atom is -0.394 e. The number of hydrogen-bond donors (Lipinski definition) is 20. The topological polar surface area (TPSA) is 506 Å². The number of aliphatic hydroxyl groups is 20. The van der Waals surface area contributed by atoms with Gasteiger partial charge in [0.15, 0.2) is 37.7 Å². The molecule has 0 spiro atoms. The van der Waals surface area contributed by atoms with Gasteiger partial charge >= 0.3 is 0 Å². The van der Waals surface area contributed by atoms with Gasteiger partial charge in [-0.05, 0) is 0 Å². The summed E-state index contributed by atoms with van der Waals surface area (Å²) >= 11 is 0. The normalized spacial score (nSPS) is 53.4. The van der Waals surface area contributed by atoms with E-state index in [1.54, 1.807) is 0 Å². The molecular formula is C36H62O31. The Morgan fingerprint density at radius 3 is 0.821 bits per heavy atom. The lowest BCUT2D eigenvalue weighted by molar-refractivity contribution is -0.429. The van der Waals surface area contributed by atoms with Gasteiger partial charge in [-0.25, -0.2) is 0 Å². The fourth-order valence-corrected chi connectivity index (χ4v) is 8.30. The molecule has 30 atom stereocenters. The van der Waals surface area contributed by atoms with Crippen molar-refractivity contribution in [3.05, 3.63) is 0 Å². The molecule has 6 aliphatic heterocycles. The van der Waals surface area contributed by atoms with Gasteiger partial charge in [-0.1, -0.05) is 0 Å². The minimum absolute atomic E-state index is 0.922. The molecule has 31 nitrogen and oxygen atoms in total. The molecule has 0 aromatic rings. The fourth-order valence-electron chi connectivity index (χ4n) is 8.30. The van der Waals surface area contributed by atoms with Crippen molar-refractivity contribution in [3.63, 3.8) is 0 Å². The Morgan fingerprint density at radius 1 is 0.239 bits per heavy atom. The molecular weight excluding hydrogens is 928 g/mol. The average Bonchev–Trinajstić information content (AvgIpc) is 3.32. The van der Waals surface area contributed by atoms with Gasteiger partial charge < -0.3 is 154 Å². The lowest BCUT2D eigenvalue weighted by Gasteiger charge is -2.52. The predicted octanol–water partition coefficient (Wildman–Crippen LogP) is -14.1. The van der Waals surface area contributed by atoms with Crippen LogP contribution in [0.2, 0.25) is 0 Å². The lowest BCUT2D eigenvalue weighted by atomic mass is 9.94. The van der Waals surface area contributed by atoms with Gasteiger partial charge in [0.05, 0.1) is 39.6 Å². The summed E-state index contributed by atoms with van der Waals surface area (Å²) in [5.74, 6) is 0. The Kier molecular flexibility index (Phi) is 19.4. The molecule has 5 unspecified atom stereocenters. The van der Waals surface area contributed by atoms with E-state index in [1.807, 2.05) is 0 Å². The van der Waals surface area contributed by atoms with E-state index < -0.39 is 224 Å². The molecule has 20 N–H and O–H groups in total. The second-order valence-electron chi connectivity index (χ2n) is 16.8. The highest BCUT2D eigenvalue weighted by Crippen LogP contribution is 2.39. The van der Waals surface area contributed by atoms with Gasteiger partial charge in [-0.3, -0.25) is 0 Å². The molecule has 0 radical (unpaired) electrons. The van der Waals surface area contributed by atoms with E-state index in [4.69, 9.17) is 52.1 Å². The third-order valence-corrected chi connectivity index (χ3v) is 12.4. The van der Waals surface area contributed by atoms with Crippen LogP contribution in [0.3, 0.4) is 0 Å². The van der Waals surface area contributed by atoms with Crippen molar-refractivity contribution in [2.45, 2.75) is 184 Å². The largest absolute Gasteiger partial charge is 0.394 e. The zero-order chi connectivity index (χ0) is 49.3. The summed E-state index contributed by atoms with van der Waals surface area (Å²) < 4.78 is 63.9. The van der Waals surface area contributed by atoms with Crippen molar-refractivity contribution in [2.24, 2.45) is 0 Å². The van der Waals surface area contributed by atoms with Crippen molar-refractivity contribution in [1.82, 2.24) is 0 Å². The maximum atomic E-state index is 11.2. The molecule has 6 saturated heterocycles. The summed E-state index contributed by atoms with van der Waals surface area (Å²) in [6, 6.07) is 0. The smallest absolute Gasteiger partial charge is 0.190 e. The van der Waals surface area contributed by atoms with Gasteiger partial charge in [0.1, 0.15) is 146 Å². The summed E-state index contributed by atoms with van der Waals surface area (Å²) in [6.45, 7) is -5.98. The predicted molar refractivity (Wildman–Crippen MR) is 199 cm³/mol. The summed E-state index contributed by atoms with van der Waals surface area (Å²) in [5.41, 5.74) is 0. The van der Waals surface area contributed by atoms with Gasteiger partial charge in [0, 0.05) is 0 Å². The highest BCUT2D eigenvalue weighted by Gasteiger charge is 2.59. The van der Waals surface area contributed by atoms with E-state index in [2.05, 4.69) is 0 Å². The standard InChI is InChI=1S/C36H62O31/c37-1-7-13(42)18(47)23(52)31(58-7)57-6-12-28(64-32-24(53)19(48)14(43)8(2-38)59-32)29(65-33-25(54)20(49)15(44)9(3-39)60-33)30(66-34-26(55)21(50)16(45)10(4-40)61-34)36(63-12)67-35-27(56)22(51)17(46)11(5-41)62-35/h7-56H,1-6H2/t7-,8-,9-,10-,11-,12-,13+,14+,15+,16+,17+,18+,19+,20+,21+,22+,23-,24-,25-,26-,27-,28-,29+,30-,31?,32?,33?,34?,35?,36+/m1/s1. The van der Waals surface area contributed by atoms with Crippen LogP contribution in [0, 0.1) is 0 Å². The third-order valence-electron chi connectivity index (χ3n) is 12.4. The lowest BCUT2D eigenvalue weighted by Crippen LogP contribution is -2.70. The van der Waals surface area contributed by atoms with Gasteiger partial charge in [-0.15, -0.1) is 0 Å². The van der Waals surface area contributed by atoms with Crippen molar-refractivity contribution < 1.29 is 154 Å². The van der Waals surface area contributed by atoms with Crippen LogP contribution < -0.4 is 0 Å². The number of aliphatic hydroxyl groups excluding tert-OH is 20. The molecule has 6 rings (SSSR count). The first-order valence-corrected chi connectivity index (χ1v) is 21.1. The molecule has 0 saturated carbocycles. The van der Waals surface area contributed by atoms with Crippen LogP contribution in [-0.2, 0) is 52.1 Å². The first-order chi connectivity index (χ1) is 31.7. The first-order valence-electron chi connectivity index (χ1n) is 21.1. The van der Waals surface area contributed by atoms with Gasteiger partial charge in [-0.2, -0.15) is 0 Å². The first kappa shape index (κ1) is 55.1. The molecule has 6 heterocycles. The van der Waals surface area contributed by atoms with Crippen LogP contribution in [0.5, 0.6) is 0 Å². The van der Waals surface area contributed by atoms with Crippen LogP contribution in [0.25, 0.3) is 0 Å². The molecule has 6 fully saturated rings. The monoisotopic (exact) mass is 990 g/mol. The van der Waals surface area contributed by atoms with E-state index in [-0.39, 0.29) is 0 Å². The quantitative estimate of drug-likeness (QED) is 0.0683. The number of ether oxygens (including phenoxy) is 11. The molecule has 392 valence electrons. The number of rotatable bonds is 16. The Morgan fingerprint density at radius 2 is 0.493 bits per heavy atom. The molecule has 0 bridgehead atoms. The van der Waals surface area contributed by atoms with Crippen molar-refractivity contribution in [1.29, 1.82) is 0 Å². The van der Waals surface area contributed by atoms with E-state index in [9.17, 15) is 102 Å². The summed E-state index contributed by atoms with van der Waals surface area (Å²) in [5, 5.41) is 211. The summed E-state index contributed by atoms with van der Waals surface area (Å²) in [7, 11) is 0. The summed E-state index contributed by atoms with van der Waals surface area (Å²) in [4.78, 5) is 0. The van der Waals surface area contributed by atoms with Gasteiger partial charge in [0.25, 0.3) is 0 Å². The van der Waals surface area contributed by atoms with Crippen molar-refractivity contribution >= 4 is 0 Å². The van der Waals surface area contributed by atoms with E-state index >= 15 is 0 Å². The Balaban J connectivity index is 1.48. The molecule has 0 aliphatic carbocycles.